The van der Waals surface area contributed by atoms with Crippen molar-refractivity contribution in [1.82, 2.24) is 0 Å². The Labute approximate surface area is 133 Å². The maximum atomic E-state index is 11.2. The van der Waals surface area contributed by atoms with Crippen LogP contribution >= 0.6 is 80.0 Å². The van der Waals surface area contributed by atoms with Crippen molar-refractivity contribution < 1.29 is 9.59 Å². The van der Waals surface area contributed by atoms with E-state index in [1.54, 1.807) is 22.6 Å². The highest BCUT2D eigenvalue weighted by Gasteiger charge is 2.25. The summed E-state index contributed by atoms with van der Waals surface area (Å²) in [5.74, 6) is 0. The molecule has 8 heteroatoms. The molecule has 0 bridgehead atoms. The van der Waals surface area contributed by atoms with Crippen LogP contribution in [0, 0.1) is 7.14 Å². The first-order chi connectivity index (χ1) is 7.29. The Balaban J connectivity index is 3.80. The molecule has 1 aromatic rings. The average molecular weight is 504 g/mol. The van der Waals surface area contributed by atoms with Crippen LogP contribution in [0.1, 0.15) is 20.7 Å². The van der Waals surface area contributed by atoms with E-state index in [2.05, 4.69) is 0 Å². The second kappa shape index (κ2) is 5.55. The smallest absolute Gasteiger partial charge is 0.255 e. The zero-order valence-corrected chi connectivity index (χ0v) is 13.9. The van der Waals surface area contributed by atoms with Gasteiger partial charge in [-0.05, 0) is 68.4 Å². The van der Waals surface area contributed by atoms with Crippen LogP contribution in [0.15, 0.2) is 0 Å². The predicted octanol–water partition coefficient (Wildman–Crippen LogP) is 3.89. The minimum Gasteiger partial charge on any atom is -0.397 e. The van der Waals surface area contributed by atoms with Crippen LogP contribution in [0.4, 0.5) is 5.69 Å². The molecule has 0 aliphatic rings. The van der Waals surface area contributed by atoms with Gasteiger partial charge < -0.3 is 5.73 Å². The highest BCUT2D eigenvalue weighted by molar-refractivity contribution is 14.1. The minimum absolute atomic E-state index is 0.00542. The summed E-state index contributed by atoms with van der Waals surface area (Å²) in [6.07, 6.45) is 0. The molecule has 0 fully saturated rings. The zero-order valence-electron chi connectivity index (χ0n) is 7.28. The number of carbonyl (C=O) groups is 2. The first kappa shape index (κ1) is 14.7. The monoisotopic (exact) mass is 503 g/mol. The molecule has 0 aliphatic heterocycles. The van der Waals surface area contributed by atoms with Crippen molar-refractivity contribution in [3.63, 3.8) is 0 Å². The topological polar surface area (TPSA) is 60.2 Å². The Hall–Kier alpha value is 0.690. The molecule has 0 aromatic heterocycles. The van der Waals surface area contributed by atoms with E-state index in [0.717, 1.165) is 0 Å². The van der Waals surface area contributed by atoms with Crippen molar-refractivity contribution in [2.75, 3.05) is 5.73 Å². The number of rotatable bonds is 2. The summed E-state index contributed by atoms with van der Waals surface area (Å²) in [5.41, 5.74) is 5.94. The highest BCUT2D eigenvalue weighted by atomic mass is 127. The molecule has 16 heavy (non-hydrogen) atoms. The van der Waals surface area contributed by atoms with E-state index in [9.17, 15) is 9.59 Å². The van der Waals surface area contributed by atoms with Gasteiger partial charge in [0.25, 0.3) is 10.5 Å². The molecule has 0 saturated carbocycles. The quantitative estimate of drug-likeness (QED) is 0.378. The molecule has 0 spiro atoms. The number of hydrogen-bond donors (Lipinski definition) is 1. The van der Waals surface area contributed by atoms with Crippen LogP contribution in [0.2, 0.25) is 5.02 Å². The number of hydrogen-bond acceptors (Lipinski definition) is 3. The highest BCUT2D eigenvalue weighted by Crippen LogP contribution is 2.37. The van der Waals surface area contributed by atoms with Gasteiger partial charge in [-0.1, -0.05) is 11.6 Å². The average Bonchev–Trinajstić information content (AvgIpc) is 2.13. The van der Waals surface area contributed by atoms with Crippen LogP contribution in [-0.2, 0) is 0 Å². The molecular formula is C8H2Cl3I2NO2. The summed E-state index contributed by atoms with van der Waals surface area (Å²) in [4.78, 5) is 22.4. The SMILES string of the molecule is Nc1c(Cl)c(C(=O)Cl)c(I)c(C(=O)Cl)c1I. The maximum absolute atomic E-state index is 11.2. The van der Waals surface area contributed by atoms with E-state index >= 15 is 0 Å². The van der Waals surface area contributed by atoms with Crippen molar-refractivity contribution in [2.45, 2.75) is 0 Å². The third-order valence-corrected chi connectivity index (χ3v) is 4.71. The molecule has 1 rings (SSSR count). The van der Waals surface area contributed by atoms with Crippen molar-refractivity contribution >= 4 is 96.2 Å². The number of benzene rings is 1. The molecule has 3 nitrogen and oxygen atoms in total. The fraction of sp³-hybridized carbons (Fsp3) is 0. The molecular weight excluding hydrogens is 502 g/mol. The Morgan fingerprint density at radius 2 is 1.44 bits per heavy atom. The lowest BCUT2D eigenvalue weighted by molar-refractivity contribution is 0.107. The Bertz CT molecular complexity index is 464. The summed E-state index contributed by atoms with van der Waals surface area (Å²) >= 11 is 20.3. The van der Waals surface area contributed by atoms with Crippen molar-refractivity contribution in [2.24, 2.45) is 0 Å². The van der Waals surface area contributed by atoms with E-state index < -0.39 is 10.5 Å². The number of carbonyl (C=O) groups excluding carboxylic acids is 2. The van der Waals surface area contributed by atoms with Gasteiger partial charge in [0.1, 0.15) is 0 Å². The van der Waals surface area contributed by atoms with Gasteiger partial charge in [-0.25, -0.2) is 0 Å². The largest absolute Gasteiger partial charge is 0.397 e. The molecule has 0 saturated heterocycles. The van der Waals surface area contributed by atoms with E-state index in [1.807, 2.05) is 22.6 Å². The zero-order chi connectivity index (χ0) is 12.6. The van der Waals surface area contributed by atoms with Gasteiger partial charge in [0.2, 0.25) is 0 Å². The van der Waals surface area contributed by atoms with Crippen LogP contribution in [-0.4, -0.2) is 10.5 Å². The van der Waals surface area contributed by atoms with Gasteiger partial charge in [-0.2, -0.15) is 0 Å². The Kier molecular flexibility index (Phi) is 5.12. The molecule has 86 valence electrons. The van der Waals surface area contributed by atoms with Gasteiger partial charge in [0, 0.05) is 3.57 Å². The van der Waals surface area contributed by atoms with E-state index in [4.69, 9.17) is 40.5 Å². The number of halogens is 5. The van der Waals surface area contributed by atoms with Crippen LogP contribution < -0.4 is 5.73 Å². The van der Waals surface area contributed by atoms with Crippen LogP contribution in [0.25, 0.3) is 0 Å². The Morgan fingerprint density at radius 1 is 1.00 bits per heavy atom. The summed E-state index contributed by atoms with van der Waals surface area (Å²) in [6, 6.07) is 0. The standard InChI is InChI=1S/C8H2Cl3I2NO2/c9-3-1(7(10)15)4(12)2(8(11)16)5(13)6(3)14/h14H2. The van der Waals surface area contributed by atoms with Crippen molar-refractivity contribution in [3.05, 3.63) is 23.3 Å². The molecule has 0 radical (unpaired) electrons. The van der Waals surface area contributed by atoms with E-state index in [0.29, 0.717) is 7.14 Å². The fourth-order valence-electron chi connectivity index (χ4n) is 1.03. The minimum atomic E-state index is -0.781. The van der Waals surface area contributed by atoms with Crippen LogP contribution in [0.3, 0.4) is 0 Å². The number of nitrogens with two attached hydrogens (primary N) is 1. The first-order valence-electron chi connectivity index (χ1n) is 3.64. The van der Waals surface area contributed by atoms with E-state index in [1.165, 1.54) is 0 Å². The van der Waals surface area contributed by atoms with Crippen molar-refractivity contribution in [3.8, 4) is 0 Å². The van der Waals surface area contributed by atoms with Crippen molar-refractivity contribution in [1.29, 1.82) is 0 Å². The lowest BCUT2D eigenvalue weighted by Gasteiger charge is -2.12. The fourth-order valence-corrected chi connectivity index (χ4v) is 4.86. The summed E-state index contributed by atoms with van der Waals surface area (Å²) < 4.78 is 0.717. The van der Waals surface area contributed by atoms with E-state index in [-0.39, 0.29) is 21.8 Å². The van der Waals surface area contributed by atoms with Gasteiger partial charge in [-0.15, -0.1) is 0 Å². The van der Waals surface area contributed by atoms with Gasteiger partial charge >= 0.3 is 0 Å². The van der Waals surface area contributed by atoms with Gasteiger partial charge in [0.05, 0.1) is 25.4 Å². The summed E-state index contributed by atoms with van der Waals surface area (Å²) in [5, 5.41) is -1.46. The first-order valence-corrected chi connectivity index (χ1v) is 6.93. The normalized spacial score (nSPS) is 10.3. The van der Waals surface area contributed by atoms with Gasteiger partial charge in [-0.3, -0.25) is 9.59 Å². The molecule has 0 heterocycles. The summed E-state index contributed by atoms with van der Waals surface area (Å²) in [6.45, 7) is 0. The predicted molar refractivity (Wildman–Crippen MR) is 81.7 cm³/mol. The number of nitrogen functional groups attached to an aromatic ring is 1. The van der Waals surface area contributed by atoms with Gasteiger partial charge in [0.15, 0.2) is 0 Å². The second-order valence-corrected chi connectivity index (χ2v) is 5.88. The number of anilines is 1. The third kappa shape index (κ3) is 2.58. The molecule has 1 aromatic carbocycles. The lowest BCUT2D eigenvalue weighted by atomic mass is 10.1. The molecule has 0 aliphatic carbocycles. The molecule has 0 atom stereocenters. The second-order valence-electron chi connectivity index (χ2n) is 2.65. The van der Waals surface area contributed by atoms with Crippen LogP contribution in [0.5, 0.6) is 0 Å². The molecule has 0 amide bonds. The summed E-state index contributed by atoms with van der Waals surface area (Å²) in [7, 11) is 0. The maximum Gasteiger partial charge on any atom is 0.255 e. The third-order valence-electron chi connectivity index (χ3n) is 1.74. The molecule has 0 unspecified atom stereocenters. The Morgan fingerprint density at radius 3 is 1.81 bits per heavy atom. The lowest BCUT2D eigenvalue weighted by Crippen LogP contribution is -2.09. The molecule has 2 N–H and O–H groups in total.